The first-order valence-corrected chi connectivity index (χ1v) is 6.93. The Hall–Kier alpha value is -1.26. The molecular weight excluding hydrogens is 238 g/mol. The van der Waals surface area contributed by atoms with Crippen LogP contribution in [0.5, 0.6) is 5.75 Å². The monoisotopic (exact) mass is 263 g/mol. The van der Waals surface area contributed by atoms with Crippen LogP contribution in [-0.4, -0.2) is 56.2 Å². The zero-order valence-corrected chi connectivity index (χ0v) is 12.2. The zero-order valence-electron chi connectivity index (χ0n) is 12.2. The maximum atomic E-state index is 5.74. The summed E-state index contributed by atoms with van der Waals surface area (Å²) < 4.78 is 5.74. The molecule has 2 N–H and O–H groups in total. The maximum absolute atomic E-state index is 5.74. The Balaban J connectivity index is 1.73. The first-order valence-electron chi connectivity index (χ1n) is 6.93. The summed E-state index contributed by atoms with van der Waals surface area (Å²) in [7, 11) is 4.32. The van der Waals surface area contributed by atoms with Crippen LogP contribution in [0.4, 0.5) is 5.69 Å². The number of hydrogen-bond acceptors (Lipinski definition) is 4. The molecule has 106 valence electrons. The average molecular weight is 263 g/mol. The summed E-state index contributed by atoms with van der Waals surface area (Å²) in [5.74, 6) is 1.62. The first kappa shape index (κ1) is 14.2. The Morgan fingerprint density at radius 3 is 2.53 bits per heavy atom. The van der Waals surface area contributed by atoms with Gasteiger partial charge in [0.1, 0.15) is 12.4 Å². The minimum absolute atomic E-state index is 0.663. The number of nitrogen functional groups attached to an aromatic ring is 1. The molecule has 0 aliphatic carbocycles. The first-order chi connectivity index (χ1) is 9.06. The summed E-state index contributed by atoms with van der Waals surface area (Å²) in [4.78, 5) is 4.80. The summed E-state index contributed by atoms with van der Waals surface area (Å²) >= 11 is 0. The van der Waals surface area contributed by atoms with E-state index in [0.717, 1.165) is 43.6 Å². The van der Waals surface area contributed by atoms with E-state index >= 15 is 0 Å². The van der Waals surface area contributed by atoms with E-state index in [-0.39, 0.29) is 0 Å². The van der Waals surface area contributed by atoms with Crippen molar-refractivity contribution in [2.45, 2.75) is 13.0 Å². The highest BCUT2D eigenvalue weighted by Crippen LogP contribution is 2.19. The number of hydrogen-bond donors (Lipinski definition) is 1. The largest absolute Gasteiger partial charge is 0.492 e. The van der Waals surface area contributed by atoms with E-state index in [0.29, 0.717) is 6.04 Å². The Labute approximate surface area is 116 Å². The van der Waals surface area contributed by atoms with Crippen molar-refractivity contribution in [1.82, 2.24) is 9.80 Å². The smallest absolute Gasteiger partial charge is 0.119 e. The number of rotatable bonds is 5. The molecule has 4 heteroatoms. The third-order valence-electron chi connectivity index (χ3n) is 3.87. The molecule has 2 rings (SSSR count). The van der Waals surface area contributed by atoms with E-state index in [9.17, 15) is 0 Å². The minimum Gasteiger partial charge on any atom is -0.492 e. The van der Waals surface area contributed by atoms with Crippen molar-refractivity contribution < 1.29 is 4.74 Å². The van der Waals surface area contributed by atoms with E-state index in [1.54, 1.807) is 0 Å². The Morgan fingerprint density at radius 2 is 1.95 bits per heavy atom. The fourth-order valence-corrected chi connectivity index (χ4v) is 2.76. The number of anilines is 1. The van der Waals surface area contributed by atoms with Gasteiger partial charge >= 0.3 is 0 Å². The molecule has 1 aliphatic heterocycles. The molecule has 1 aliphatic rings. The zero-order chi connectivity index (χ0) is 13.8. The van der Waals surface area contributed by atoms with Gasteiger partial charge in [-0.05, 0) is 44.3 Å². The van der Waals surface area contributed by atoms with Gasteiger partial charge in [0, 0.05) is 31.4 Å². The van der Waals surface area contributed by atoms with Gasteiger partial charge in [0.05, 0.1) is 0 Å². The van der Waals surface area contributed by atoms with Crippen LogP contribution in [0.1, 0.15) is 6.92 Å². The van der Waals surface area contributed by atoms with Gasteiger partial charge in [0.2, 0.25) is 0 Å². The van der Waals surface area contributed by atoms with Crippen LogP contribution in [0.15, 0.2) is 24.3 Å². The van der Waals surface area contributed by atoms with Crippen molar-refractivity contribution in [3.05, 3.63) is 24.3 Å². The van der Waals surface area contributed by atoms with Gasteiger partial charge in [0.25, 0.3) is 0 Å². The van der Waals surface area contributed by atoms with E-state index in [4.69, 9.17) is 10.5 Å². The van der Waals surface area contributed by atoms with Crippen LogP contribution in [-0.2, 0) is 0 Å². The number of benzene rings is 1. The molecule has 1 heterocycles. The number of likely N-dealkylation sites (N-methyl/N-ethyl adjacent to an activating group) is 1. The average Bonchev–Trinajstić information content (AvgIpc) is 2.73. The number of nitrogens with two attached hydrogens (primary N) is 1. The van der Waals surface area contributed by atoms with Crippen molar-refractivity contribution in [1.29, 1.82) is 0 Å². The van der Waals surface area contributed by atoms with Crippen LogP contribution in [0, 0.1) is 5.92 Å². The Morgan fingerprint density at radius 1 is 1.26 bits per heavy atom. The molecule has 1 aromatic carbocycles. The summed E-state index contributed by atoms with van der Waals surface area (Å²) in [5, 5.41) is 0. The second kappa shape index (κ2) is 6.26. The minimum atomic E-state index is 0.663. The highest BCUT2D eigenvalue weighted by molar-refractivity contribution is 5.41. The van der Waals surface area contributed by atoms with Crippen molar-refractivity contribution in [3.8, 4) is 5.75 Å². The van der Waals surface area contributed by atoms with E-state index < -0.39 is 0 Å². The molecule has 0 amide bonds. The predicted octanol–water partition coefficient (Wildman–Crippen LogP) is 1.53. The van der Waals surface area contributed by atoms with E-state index in [1.165, 1.54) is 0 Å². The summed E-state index contributed by atoms with van der Waals surface area (Å²) in [6, 6.07) is 8.25. The van der Waals surface area contributed by atoms with Gasteiger partial charge in [-0.25, -0.2) is 0 Å². The molecule has 1 saturated heterocycles. The van der Waals surface area contributed by atoms with Crippen LogP contribution in [0.2, 0.25) is 0 Å². The molecular formula is C15H25N3O. The molecule has 0 bridgehead atoms. The third kappa shape index (κ3) is 3.85. The van der Waals surface area contributed by atoms with Gasteiger partial charge in [-0.15, -0.1) is 0 Å². The third-order valence-corrected chi connectivity index (χ3v) is 3.87. The fourth-order valence-electron chi connectivity index (χ4n) is 2.76. The second-order valence-corrected chi connectivity index (χ2v) is 5.69. The van der Waals surface area contributed by atoms with Crippen molar-refractivity contribution in [2.24, 2.45) is 5.92 Å². The summed E-state index contributed by atoms with van der Waals surface area (Å²) in [6.45, 7) is 6.34. The highest BCUT2D eigenvalue weighted by atomic mass is 16.5. The highest BCUT2D eigenvalue weighted by Gasteiger charge is 2.30. The van der Waals surface area contributed by atoms with Crippen molar-refractivity contribution >= 4 is 5.69 Å². The molecule has 1 fully saturated rings. The molecule has 2 atom stereocenters. The lowest BCUT2D eigenvalue weighted by Gasteiger charge is -2.22. The van der Waals surface area contributed by atoms with Crippen LogP contribution < -0.4 is 10.5 Å². The van der Waals surface area contributed by atoms with Gasteiger partial charge in [-0.1, -0.05) is 6.92 Å². The topological polar surface area (TPSA) is 41.7 Å². The normalized spacial score (nSPS) is 24.0. The quantitative estimate of drug-likeness (QED) is 0.818. The molecule has 0 radical (unpaired) electrons. The van der Waals surface area contributed by atoms with Gasteiger partial charge in [-0.2, -0.15) is 0 Å². The molecule has 19 heavy (non-hydrogen) atoms. The second-order valence-electron chi connectivity index (χ2n) is 5.69. The summed E-state index contributed by atoms with van der Waals surface area (Å²) in [6.07, 6.45) is 0. The lowest BCUT2D eigenvalue weighted by Crippen LogP contribution is -2.35. The maximum Gasteiger partial charge on any atom is 0.119 e. The molecule has 1 aromatic rings. The molecule has 2 unspecified atom stereocenters. The molecule has 0 spiro atoms. The van der Waals surface area contributed by atoms with Crippen molar-refractivity contribution in [3.63, 3.8) is 0 Å². The van der Waals surface area contributed by atoms with Crippen LogP contribution >= 0.6 is 0 Å². The molecule has 4 nitrogen and oxygen atoms in total. The fraction of sp³-hybridized carbons (Fsp3) is 0.600. The van der Waals surface area contributed by atoms with E-state index in [1.807, 2.05) is 24.3 Å². The number of ether oxygens (including phenoxy) is 1. The van der Waals surface area contributed by atoms with Crippen molar-refractivity contribution in [2.75, 3.05) is 46.1 Å². The van der Waals surface area contributed by atoms with Gasteiger partial charge in [-0.3, -0.25) is 4.90 Å². The number of nitrogens with zero attached hydrogens (tertiary/aromatic N) is 2. The SMILES string of the molecule is CC1CN(CCOc2ccc(N)cc2)CC1N(C)C. The lowest BCUT2D eigenvalue weighted by molar-refractivity contribution is 0.220. The van der Waals surface area contributed by atoms with Gasteiger partial charge in [0.15, 0.2) is 0 Å². The van der Waals surface area contributed by atoms with E-state index in [2.05, 4.69) is 30.8 Å². The summed E-state index contributed by atoms with van der Waals surface area (Å²) in [5.41, 5.74) is 6.42. The van der Waals surface area contributed by atoms with Gasteiger partial charge < -0.3 is 15.4 Å². The van der Waals surface area contributed by atoms with Crippen LogP contribution in [0.25, 0.3) is 0 Å². The standard InChI is InChI=1S/C15H25N3O/c1-12-10-18(11-15(12)17(2)3)8-9-19-14-6-4-13(16)5-7-14/h4-7,12,15H,8-11,16H2,1-3H3. The molecule has 0 aromatic heterocycles. The predicted molar refractivity (Wildman–Crippen MR) is 79.4 cm³/mol. The lowest BCUT2D eigenvalue weighted by atomic mass is 10.1. The van der Waals surface area contributed by atoms with Crippen LogP contribution in [0.3, 0.4) is 0 Å². The molecule has 0 saturated carbocycles. The Bertz CT molecular complexity index is 391. The number of likely N-dealkylation sites (tertiary alicyclic amines) is 1. The Kier molecular flexibility index (Phi) is 4.66.